The molecule has 36 heavy (non-hydrogen) atoms. The fourth-order valence-electron chi connectivity index (χ4n) is 5.39. The number of nitriles is 1. The highest BCUT2D eigenvalue weighted by Crippen LogP contribution is 2.31. The van der Waals surface area contributed by atoms with Crippen molar-refractivity contribution in [3.8, 4) is 6.07 Å². The number of benzene rings is 2. The molecular weight excluding hydrogens is 478 g/mol. The van der Waals surface area contributed by atoms with Gasteiger partial charge in [-0.1, -0.05) is 42.5 Å². The summed E-state index contributed by atoms with van der Waals surface area (Å²) in [5.41, 5.74) is 1.25. The van der Waals surface area contributed by atoms with Crippen molar-refractivity contribution >= 4 is 32.6 Å². The normalized spacial score (nSPS) is 20.6. The van der Waals surface area contributed by atoms with E-state index in [0.29, 0.717) is 38.9 Å². The number of piperidine rings is 1. The molecule has 1 N–H and O–H groups in total. The average Bonchev–Trinajstić information content (AvgIpc) is 3.20. The van der Waals surface area contributed by atoms with Crippen LogP contribution >= 0.6 is 0 Å². The Kier molecular flexibility index (Phi) is 7.93. The van der Waals surface area contributed by atoms with Gasteiger partial charge in [-0.2, -0.15) is 9.57 Å². The summed E-state index contributed by atoms with van der Waals surface area (Å²) in [6.45, 7) is 3.68. The van der Waals surface area contributed by atoms with E-state index < -0.39 is 22.0 Å². The van der Waals surface area contributed by atoms with Crippen LogP contribution in [0.15, 0.2) is 42.5 Å². The van der Waals surface area contributed by atoms with Crippen LogP contribution in [0.25, 0.3) is 10.8 Å². The van der Waals surface area contributed by atoms with E-state index in [1.807, 2.05) is 18.2 Å². The number of hydrogen-bond acceptors (Lipinski definition) is 6. The molecule has 2 aromatic rings. The summed E-state index contributed by atoms with van der Waals surface area (Å²) >= 11 is 0. The van der Waals surface area contributed by atoms with Crippen molar-refractivity contribution < 1.29 is 18.0 Å². The molecular formula is C26H33N5O4S. The van der Waals surface area contributed by atoms with Crippen molar-refractivity contribution in [3.05, 3.63) is 48.0 Å². The Labute approximate surface area is 212 Å². The van der Waals surface area contributed by atoms with Gasteiger partial charge in [-0.25, -0.2) is 8.42 Å². The number of nitrogens with zero attached hydrogens (tertiary/aromatic N) is 4. The van der Waals surface area contributed by atoms with Crippen molar-refractivity contribution in [2.75, 3.05) is 39.0 Å². The van der Waals surface area contributed by atoms with E-state index in [9.17, 15) is 18.0 Å². The molecule has 10 heteroatoms. The molecule has 0 saturated carbocycles. The minimum atomic E-state index is -3.63. The molecule has 2 aliphatic heterocycles. The first-order chi connectivity index (χ1) is 17.2. The second kappa shape index (κ2) is 10.9. The first kappa shape index (κ1) is 26.1. The van der Waals surface area contributed by atoms with Crippen LogP contribution < -0.4 is 5.32 Å². The summed E-state index contributed by atoms with van der Waals surface area (Å²) in [7, 11) is -3.63. The van der Waals surface area contributed by atoms with Crippen LogP contribution in [0.1, 0.15) is 37.8 Å². The third-order valence-corrected chi connectivity index (χ3v) is 8.63. The number of fused-ring (bicyclic) bond motifs is 1. The van der Waals surface area contributed by atoms with Gasteiger partial charge in [0.25, 0.3) is 0 Å². The monoisotopic (exact) mass is 511 g/mol. The molecule has 0 aliphatic carbocycles. The lowest BCUT2D eigenvalue weighted by Gasteiger charge is -2.40. The average molecular weight is 512 g/mol. The van der Waals surface area contributed by atoms with Crippen LogP contribution in [0, 0.1) is 11.3 Å². The van der Waals surface area contributed by atoms with Crippen LogP contribution in [0.2, 0.25) is 0 Å². The maximum Gasteiger partial charge on any atom is 0.246 e. The zero-order chi connectivity index (χ0) is 25.9. The summed E-state index contributed by atoms with van der Waals surface area (Å²) in [6.07, 6.45) is 2.78. The largest absolute Gasteiger partial charge is 0.343 e. The number of carbonyl (C=O) groups excluding carboxylic acids is 2. The lowest BCUT2D eigenvalue weighted by molar-refractivity contribution is -0.132. The van der Waals surface area contributed by atoms with E-state index in [4.69, 9.17) is 5.26 Å². The van der Waals surface area contributed by atoms with Gasteiger partial charge < -0.3 is 10.2 Å². The Morgan fingerprint density at radius 3 is 2.53 bits per heavy atom. The number of carbonyl (C=O) groups is 2. The van der Waals surface area contributed by atoms with Crippen LogP contribution in [0.4, 0.5) is 0 Å². The highest BCUT2D eigenvalue weighted by molar-refractivity contribution is 7.88. The van der Waals surface area contributed by atoms with Crippen molar-refractivity contribution in [1.82, 2.24) is 19.4 Å². The van der Waals surface area contributed by atoms with Gasteiger partial charge in [0, 0.05) is 31.7 Å². The predicted octanol–water partition coefficient (Wildman–Crippen LogP) is 1.87. The topological polar surface area (TPSA) is 114 Å². The van der Waals surface area contributed by atoms with Gasteiger partial charge in [-0.05, 0) is 42.5 Å². The lowest BCUT2D eigenvalue weighted by atomic mass is 9.96. The number of likely N-dealkylation sites (tertiary alicyclic amines) is 2. The Bertz CT molecular complexity index is 1260. The zero-order valence-corrected chi connectivity index (χ0v) is 21.6. The van der Waals surface area contributed by atoms with Crippen molar-refractivity contribution in [3.63, 3.8) is 0 Å². The standard InChI is InChI=1S/C26H33N5O4S/c1-19(22-9-5-7-20-6-3-4-8-23(20)22)29-14-10-21(11-15-29)31(36(2,34)35)18-25(32)28-24-12-16-30(17-13-27)26(24)33/h3-9,19,21,24H,10-12,14-18H2,1-2H3,(H,28,32)/t19-,24+/m1/s1. The SMILES string of the molecule is C[C@H](c1cccc2ccccc12)N1CCC(N(CC(=O)N[C@H]2CCN(CC#N)C2=O)S(C)(=O)=O)CC1. The summed E-state index contributed by atoms with van der Waals surface area (Å²) in [4.78, 5) is 28.8. The third-order valence-electron chi connectivity index (χ3n) is 7.35. The zero-order valence-electron chi connectivity index (χ0n) is 20.8. The Balaban J connectivity index is 1.38. The van der Waals surface area contributed by atoms with Crippen molar-refractivity contribution in [2.24, 2.45) is 0 Å². The second-order valence-electron chi connectivity index (χ2n) is 9.65. The van der Waals surface area contributed by atoms with E-state index in [1.165, 1.54) is 25.5 Å². The van der Waals surface area contributed by atoms with E-state index in [0.717, 1.165) is 6.26 Å². The molecule has 9 nitrogen and oxygen atoms in total. The van der Waals surface area contributed by atoms with Crippen LogP contribution in [0.5, 0.6) is 0 Å². The molecule has 2 aromatic carbocycles. The smallest absolute Gasteiger partial charge is 0.246 e. The number of nitrogens with one attached hydrogen (secondary N) is 1. The molecule has 0 unspecified atom stereocenters. The van der Waals surface area contributed by atoms with Gasteiger partial charge in [0.1, 0.15) is 12.6 Å². The minimum Gasteiger partial charge on any atom is -0.343 e. The quantitative estimate of drug-likeness (QED) is 0.542. The molecule has 0 radical (unpaired) electrons. The maximum atomic E-state index is 12.7. The molecule has 192 valence electrons. The van der Waals surface area contributed by atoms with Gasteiger partial charge in [-0.15, -0.1) is 0 Å². The van der Waals surface area contributed by atoms with Crippen LogP contribution in [0.3, 0.4) is 0 Å². The Hall–Kier alpha value is -3.00. The fraction of sp³-hybridized carbons (Fsp3) is 0.500. The van der Waals surface area contributed by atoms with E-state index in [1.54, 1.807) is 0 Å². The molecule has 2 atom stereocenters. The molecule has 2 saturated heterocycles. The number of amides is 2. The van der Waals surface area contributed by atoms with Gasteiger partial charge in [-0.3, -0.25) is 14.5 Å². The minimum absolute atomic E-state index is 0.0174. The predicted molar refractivity (Wildman–Crippen MR) is 137 cm³/mol. The van der Waals surface area contributed by atoms with Gasteiger partial charge in [0.15, 0.2) is 0 Å². The van der Waals surface area contributed by atoms with Crippen LogP contribution in [-0.2, 0) is 19.6 Å². The molecule has 2 fully saturated rings. The summed E-state index contributed by atoms with van der Waals surface area (Å²) < 4.78 is 26.5. The Morgan fingerprint density at radius 1 is 1.14 bits per heavy atom. The number of hydrogen-bond donors (Lipinski definition) is 1. The first-order valence-corrected chi connectivity index (χ1v) is 14.2. The summed E-state index contributed by atoms with van der Waals surface area (Å²) in [6, 6.07) is 15.8. The first-order valence-electron chi connectivity index (χ1n) is 12.3. The molecule has 2 heterocycles. The Morgan fingerprint density at radius 2 is 1.83 bits per heavy atom. The van der Waals surface area contributed by atoms with Gasteiger partial charge in [0.2, 0.25) is 21.8 Å². The highest BCUT2D eigenvalue weighted by atomic mass is 32.2. The van der Waals surface area contributed by atoms with Crippen LogP contribution in [-0.4, -0.2) is 85.4 Å². The molecule has 0 spiro atoms. The number of sulfonamides is 1. The van der Waals surface area contributed by atoms with Crippen molar-refractivity contribution in [2.45, 2.75) is 44.3 Å². The molecule has 2 aliphatic rings. The summed E-state index contributed by atoms with van der Waals surface area (Å²) in [5.74, 6) is -0.796. The molecule has 0 aromatic heterocycles. The lowest BCUT2D eigenvalue weighted by Crippen LogP contribution is -2.52. The van der Waals surface area contributed by atoms with Gasteiger partial charge >= 0.3 is 0 Å². The van der Waals surface area contributed by atoms with E-state index >= 15 is 0 Å². The highest BCUT2D eigenvalue weighted by Gasteiger charge is 2.36. The van der Waals surface area contributed by atoms with Crippen molar-refractivity contribution in [1.29, 1.82) is 5.26 Å². The maximum absolute atomic E-state index is 12.7. The van der Waals surface area contributed by atoms with Gasteiger partial charge in [0.05, 0.1) is 18.9 Å². The molecule has 4 rings (SSSR count). The summed E-state index contributed by atoms with van der Waals surface area (Å²) in [5, 5.41) is 13.9. The third kappa shape index (κ3) is 5.69. The van der Waals surface area contributed by atoms with E-state index in [-0.39, 0.29) is 31.1 Å². The molecule has 0 bridgehead atoms. The molecule has 2 amide bonds. The number of rotatable bonds is 8. The second-order valence-corrected chi connectivity index (χ2v) is 11.6. The van der Waals surface area contributed by atoms with E-state index in [2.05, 4.69) is 47.5 Å². The fourth-order valence-corrected chi connectivity index (χ4v) is 6.49.